The summed E-state index contributed by atoms with van der Waals surface area (Å²) < 4.78 is 32.0. The van der Waals surface area contributed by atoms with Gasteiger partial charge in [-0.3, -0.25) is 0 Å². The van der Waals surface area contributed by atoms with Crippen molar-refractivity contribution < 1.29 is 18.6 Å². The van der Waals surface area contributed by atoms with Crippen molar-refractivity contribution in [3.8, 4) is 17.2 Å². The van der Waals surface area contributed by atoms with E-state index in [9.17, 15) is 4.39 Å². The lowest BCUT2D eigenvalue weighted by atomic mass is 10.3. The van der Waals surface area contributed by atoms with Gasteiger partial charge in [0, 0.05) is 11.8 Å². The molecule has 3 rings (SSSR count). The number of benzene rings is 2. The summed E-state index contributed by atoms with van der Waals surface area (Å²) in [6.45, 7) is 6.61. The van der Waals surface area contributed by atoms with Crippen LogP contribution in [0.5, 0.6) is 17.2 Å². The number of hydrogen-bond acceptors (Lipinski definition) is 6. The Morgan fingerprint density at radius 1 is 0.933 bits per heavy atom. The van der Waals surface area contributed by atoms with E-state index in [-0.39, 0.29) is 18.0 Å². The van der Waals surface area contributed by atoms with Crippen molar-refractivity contribution >= 4 is 11.8 Å². The van der Waals surface area contributed by atoms with Gasteiger partial charge in [0.2, 0.25) is 0 Å². The van der Waals surface area contributed by atoms with E-state index in [2.05, 4.69) is 28.6 Å². The molecule has 0 aliphatic carbocycles. The highest BCUT2D eigenvalue weighted by Crippen LogP contribution is 2.28. The second kappa shape index (κ2) is 10.3. The third-order valence-corrected chi connectivity index (χ3v) is 5.25. The van der Waals surface area contributed by atoms with Gasteiger partial charge in [-0.15, -0.1) is 10.2 Å². The third-order valence-electron chi connectivity index (χ3n) is 4.34. The van der Waals surface area contributed by atoms with E-state index in [0.29, 0.717) is 12.4 Å². The highest BCUT2D eigenvalue weighted by Gasteiger charge is 2.21. The Balaban J connectivity index is 1.59. The summed E-state index contributed by atoms with van der Waals surface area (Å²) in [4.78, 5) is 0. The van der Waals surface area contributed by atoms with Gasteiger partial charge in [0.15, 0.2) is 17.1 Å². The summed E-state index contributed by atoms with van der Waals surface area (Å²) in [5.74, 6) is 3.34. The van der Waals surface area contributed by atoms with Crippen LogP contribution in [0.1, 0.15) is 38.7 Å². The van der Waals surface area contributed by atoms with Gasteiger partial charge in [0.25, 0.3) is 0 Å². The van der Waals surface area contributed by atoms with Gasteiger partial charge in [0.05, 0.1) is 13.7 Å². The molecule has 0 aliphatic heterocycles. The van der Waals surface area contributed by atoms with Gasteiger partial charge < -0.3 is 18.8 Å². The molecule has 1 unspecified atom stereocenters. The maximum absolute atomic E-state index is 13.1. The molecule has 0 radical (unpaired) electrons. The van der Waals surface area contributed by atoms with E-state index in [4.69, 9.17) is 14.2 Å². The number of aromatic nitrogens is 3. The molecule has 8 heteroatoms. The van der Waals surface area contributed by atoms with Crippen LogP contribution in [0.4, 0.5) is 4.39 Å². The van der Waals surface area contributed by atoms with Crippen LogP contribution in [0.25, 0.3) is 0 Å². The Kier molecular flexibility index (Phi) is 7.57. The average molecular weight is 432 g/mol. The van der Waals surface area contributed by atoms with Gasteiger partial charge in [-0.1, -0.05) is 11.8 Å². The van der Waals surface area contributed by atoms with Gasteiger partial charge in [0.1, 0.15) is 23.1 Å². The van der Waals surface area contributed by atoms with Gasteiger partial charge >= 0.3 is 0 Å². The molecule has 0 saturated carbocycles. The van der Waals surface area contributed by atoms with Gasteiger partial charge in [-0.25, -0.2) is 4.39 Å². The number of thioether (sulfide) groups is 1. The fraction of sp³-hybridized carbons (Fsp3) is 0.364. The van der Waals surface area contributed by atoms with Gasteiger partial charge in [-0.05, 0) is 69.3 Å². The monoisotopic (exact) mass is 431 g/mol. The molecule has 2 aromatic carbocycles. The van der Waals surface area contributed by atoms with Crippen LogP contribution in [0.2, 0.25) is 0 Å². The van der Waals surface area contributed by atoms with E-state index >= 15 is 0 Å². The van der Waals surface area contributed by atoms with Crippen LogP contribution in [0, 0.1) is 5.82 Å². The van der Waals surface area contributed by atoms with E-state index in [1.807, 2.05) is 31.2 Å². The molecular formula is C22H26FN3O3S. The second-order valence-corrected chi connectivity index (χ2v) is 7.95. The fourth-order valence-electron chi connectivity index (χ4n) is 2.88. The number of halogens is 1. The predicted octanol–water partition coefficient (Wildman–Crippen LogP) is 5.32. The first-order valence-corrected chi connectivity index (χ1v) is 10.7. The molecule has 0 aliphatic rings. The first-order chi connectivity index (χ1) is 14.5. The molecule has 3 aromatic rings. The van der Waals surface area contributed by atoms with E-state index < -0.39 is 0 Å². The fourth-order valence-corrected chi connectivity index (χ4v) is 3.78. The summed E-state index contributed by atoms with van der Waals surface area (Å²) >= 11 is 1.58. The van der Waals surface area contributed by atoms with Crippen molar-refractivity contribution in [1.29, 1.82) is 0 Å². The number of nitrogens with zero attached hydrogens (tertiary/aromatic N) is 3. The molecule has 0 fully saturated rings. The maximum atomic E-state index is 13.1. The molecule has 1 aromatic heterocycles. The molecule has 1 atom stereocenters. The Hall–Kier alpha value is -2.74. The average Bonchev–Trinajstić information content (AvgIpc) is 3.18. The molecule has 30 heavy (non-hydrogen) atoms. The minimum atomic E-state index is -0.324. The predicted molar refractivity (Wildman–Crippen MR) is 115 cm³/mol. The van der Waals surface area contributed by atoms with Crippen LogP contribution in [-0.4, -0.2) is 34.2 Å². The van der Waals surface area contributed by atoms with E-state index in [1.54, 1.807) is 31.0 Å². The molecule has 0 spiro atoms. The van der Waals surface area contributed by atoms with Crippen LogP contribution >= 0.6 is 11.8 Å². The highest BCUT2D eigenvalue weighted by atomic mass is 32.2. The van der Waals surface area contributed by atoms with Crippen LogP contribution < -0.4 is 14.2 Å². The number of rotatable bonds is 10. The topological polar surface area (TPSA) is 58.4 Å². The van der Waals surface area contributed by atoms with Gasteiger partial charge in [-0.2, -0.15) is 0 Å². The summed E-state index contributed by atoms with van der Waals surface area (Å²) in [5, 5.41) is 9.50. The maximum Gasteiger partial charge on any atom is 0.191 e. The van der Waals surface area contributed by atoms with E-state index in [1.165, 1.54) is 12.1 Å². The SMILES string of the molecule is COc1ccc(OCCSc2nnc(C(C)Oc3ccc(F)cc3)n2C(C)C)cc1. The Morgan fingerprint density at radius 2 is 1.57 bits per heavy atom. The minimum Gasteiger partial charge on any atom is -0.497 e. The molecule has 160 valence electrons. The zero-order chi connectivity index (χ0) is 21.5. The smallest absolute Gasteiger partial charge is 0.191 e. The Bertz CT molecular complexity index is 930. The summed E-state index contributed by atoms with van der Waals surface area (Å²) in [6, 6.07) is 13.6. The molecule has 0 N–H and O–H groups in total. The number of ether oxygens (including phenoxy) is 3. The normalized spacial score (nSPS) is 12.1. The van der Waals surface area contributed by atoms with Crippen molar-refractivity contribution in [2.24, 2.45) is 0 Å². The van der Waals surface area contributed by atoms with Crippen molar-refractivity contribution in [2.75, 3.05) is 19.5 Å². The molecular weight excluding hydrogens is 405 g/mol. The number of methoxy groups -OCH3 is 1. The Morgan fingerprint density at radius 3 is 2.20 bits per heavy atom. The zero-order valence-corrected chi connectivity index (χ0v) is 18.4. The van der Waals surface area contributed by atoms with E-state index in [0.717, 1.165) is 28.2 Å². The first-order valence-electron chi connectivity index (χ1n) is 9.74. The van der Waals surface area contributed by atoms with Crippen molar-refractivity contribution in [2.45, 2.75) is 38.1 Å². The van der Waals surface area contributed by atoms with Crippen LogP contribution in [0.15, 0.2) is 53.7 Å². The standard InChI is InChI=1S/C22H26FN3O3S/c1-15(2)26-21(16(3)29-20-7-5-17(23)6-8-20)24-25-22(26)30-14-13-28-19-11-9-18(27-4)10-12-19/h5-12,15-16H,13-14H2,1-4H3. The van der Waals surface area contributed by atoms with Crippen molar-refractivity contribution in [3.63, 3.8) is 0 Å². The second-order valence-electron chi connectivity index (χ2n) is 6.89. The van der Waals surface area contributed by atoms with Crippen molar-refractivity contribution in [3.05, 3.63) is 60.2 Å². The van der Waals surface area contributed by atoms with Crippen LogP contribution in [0.3, 0.4) is 0 Å². The lowest BCUT2D eigenvalue weighted by Crippen LogP contribution is -2.14. The summed E-state index contributed by atoms with van der Waals surface area (Å²) in [7, 11) is 1.64. The van der Waals surface area contributed by atoms with Crippen LogP contribution in [-0.2, 0) is 0 Å². The molecule has 0 amide bonds. The third kappa shape index (κ3) is 5.66. The Labute approximate surface area is 180 Å². The lowest BCUT2D eigenvalue weighted by molar-refractivity contribution is 0.207. The zero-order valence-electron chi connectivity index (χ0n) is 17.5. The molecule has 1 heterocycles. The summed E-state index contributed by atoms with van der Waals surface area (Å²) in [5.41, 5.74) is 0. The minimum absolute atomic E-state index is 0.166. The quantitative estimate of drug-likeness (QED) is 0.320. The largest absolute Gasteiger partial charge is 0.497 e. The molecule has 0 bridgehead atoms. The lowest BCUT2D eigenvalue weighted by Gasteiger charge is -2.19. The molecule has 0 saturated heterocycles. The first kappa shape index (κ1) is 22.0. The number of hydrogen-bond donors (Lipinski definition) is 0. The summed E-state index contributed by atoms with van der Waals surface area (Å²) in [6.07, 6.45) is -0.324. The highest BCUT2D eigenvalue weighted by molar-refractivity contribution is 7.99. The van der Waals surface area contributed by atoms with Crippen molar-refractivity contribution in [1.82, 2.24) is 14.8 Å². The molecule has 6 nitrogen and oxygen atoms in total.